The van der Waals surface area contributed by atoms with Gasteiger partial charge >= 0.3 is 0 Å². The molecule has 0 bridgehead atoms. The molecule has 2 rings (SSSR count). The van der Waals surface area contributed by atoms with Crippen molar-refractivity contribution < 1.29 is 14.6 Å². The summed E-state index contributed by atoms with van der Waals surface area (Å²) in [6, 6.07) is 0.381. The Morgan fingerprint density at radius 2 is 1.59 bits per heavy atom. The molecular formula is C24H54N2O3. The van der Waals surface area contributed by atoms with E-state index in [0.29, 0.717) is 12.1 Å². The Labute approximate surface area is 182 Å². The molecule has 0 amide bonds. The average molecular weight is 419 g/mol. The number of nitrogens with one attached hydrogen (secondary N) is 1. The molecule has 2 fully saturated rings. The van der Waals surface area contributed by atoms with E-state index < -0.39 is 0 Å². The molecule has 0 spiro atoms. The van der Waals surface area contributed by atoms with Crippen LogP contribution < -0.4 is 5.32 Å². The van der Waals surface area contributed by atoms with Crippen molar-refractivity contribution in [2.75, 3.05) is 47.5 Å². The predicted octanol–water partition coefficient (Wildman–Crippen LogP) is 4.87. The summed E-state index contributed by atoms with van der Waals surface area (Å²) in [4.78, 5) is 2.41. The minimum Gasteiger partial charge on any atom is -0.391 e. The first-order valence-electron chi connectivity index (χ1n) is 12.2. The van der Waals surface area contributed by atoms with Gasteiger partial charge in [0, 0.05) is 26.8 Å². The zero-order valence-corrected chi connectivity index (χ0v) is 20.8. The van der Waals surface area contributed by atoms with Crippen LogP contribution in [0.1, 0.15) is 91.9 Å². The molecule has 0 aliphatic heterocycles. The second kappa shape index (κ2) is 24.1. The standard InChI is InChI=1S/C12H25NO2.C6H12O.C4H11N.C2H6/c1-3-4-8-13(9-10-15-2)11-6-5-7-12(11)14;1-7-6-4-2-3-5-6;1-3-4-5-2;1-2/h11-12,14H,3-10H2,1-2H3;6H,2-5H2,1H3;5H,3-4H2,1-2H3;1-2H3. The highest BCUT2D eigenvalue weighted by Gasteiger charge is 2.29. The molecule has 2 aliphatic carbocycles. The van der Waals surface area contributed by atoms with Gasteiger partial charge in [0.05, 0.1) is 18.8 Å². The lowest BCUT2D eigenvalue weighted by Crippen LogP contribution is -2.42. The van der Waals surface area contributed by atoms with E-state index in [1.807, 2.05) is 20.9 Å². The molecule has 2 aliphatic rings. The lowest BCUT2D eigenvalue weighted by Gasteiger charge is -2.30. The van der Waals surface area contributed by atoms with Crippen LogP contribution in [0.4, 0.5) is 0 Å². The molecule has 2 N–H and O–H groups in total. The third-order valence-electron chi connectivity index (χ3n) is 5.43. The van der Waals surface area contributed by atoms with Gasteiger partial charge in [-0.3, -0.25) is 4.90 Å². The van der Waals surface area contributed by atoms with Crippen LogP contribution in [0.15, 0.2) is 0 Å². The average Bonchev–Trinajstić information content (AvgIpc) is 3.43. The Balaban J connectivity index is 0. The van der Waals surface area contributed by atoms with Gasteiger partial charge in [-0.15, -0.1) is 0 Å². The molecule has 0 saturated heterocycles. The van der Waals surface area contributed by atoms with Gasteiger partial charge in [0.1, 0.15) is 0 Å². The lowest BCUT2D eigenvalue weighted by atomic mass is 10.1. The summed E-state index contributed by atoms with van der Waals surface area (Å²) in [5, 5.41) is 12.9. The van der Waals surface area contributed by atoms with E-state index in [-0.39, 0.29) is 6.10 Å². The van der Waals surface area contributed by atoms with Crippen LogP contribution in [-0.2, 0) is 9.47 Å². The molecular weight excluding hydrogens is 364 g/mol. The number of unbranched alkanes of at least 4 members (excludes halogenated alkanes) is 1. The van der Waals surface area contributed by atoms with Gasteiger partial charge in [0.15, 0.2) is 0 Å². The number of nitrogens with zero attached hydrogens (tertiary/aromatic N) is 1. The Hall–Kier alpha value is -0.200. The SMILES string of the molecule is CC.CCCCN(CCOC)C1CCCC1O.CCCNC.COC1CCCC1. The monoisotopic (exact) mass is 418 g/mol. The fourth-order valence-electron chi connectivity index (χ4n) is 3.73. The Bertz CT molecular complexity index is 290. The number of aliphatic hydroxyl groups excluding tert-OH is 1. The maximum atomic E-state index is 9.88. The minimum absolute atomic E-state index is 0.112. The highest BCUT2D eigenvalue weighted by molar-refractivity contribution is 4.85. The molecule has 5 nitrogen and oxygen atoms in total. The van der Waals surface area contributed by atoms with E-state index >= 15 is 0 Å². The van der Waals surface area contributed by atoms with Gasteiger partial charge in [-0.1, -0.05) is 47.0 Å². The second-order valence-electron chi connectivity index (χ2n) is 7.69. The first kappa shape index (κ1) is 31.0. The van der Waals surface area contributed by atoms with Crippen molar-refractivity contribution in [1.82, 2.24) is 10.2 Å². The minimum atomic E-state index is -0.112. The maximum Gasteiger partial charge on any atom is 0.0695 e. The van der Waals surface area contributed by atoms with E-state index in [1.54, 1.807) is 14.2 Å². The lowest BCUT2D eigenvalue weighted by molar-refractivity contribution is 0.0512. The van der Waals surface area contributed by atoms with Crippen LogP contribution in [0, 0.1) is 0 Å². The van der Waals surface area contributed by atoms with Crippen LogP contribution in [0.5, 0.6) is 0 Å². The van der Waals surface area contributed by atoms with Crippen LogP contribution in [0.3, 0.4) is 0 Å². The number of rotatable bonds is 10. The topological polar surface area (TPSA) is 54.0 Å². The fourth-order valence-corrected chi connectivity index (χ4v) is 3.73. The van der Waals surface area contributed by atoms with Crippen molar-refractivity contribution in [3.05, 3.63) is 0 Å². The molecule has 2 atom stereocenters. The van der Waals surface area contributed by atoms with Crippen LogP contribution in [0.2, 0.25) is 0 Å². The van der Waals surface area contributed by atoms with Crippen molar-refractivity contribution in [2.45, 2.75) is 110 Å². The fraction of sp³-hybridized carbons (Fsp3) is 1.00. The van der Waals surface area contributed by atoms with Crippen molar-refractivity contribution in [3.8, 4) is 0 Å². The smallest absolute Gasteiger partial charge is 0.0695 e. The number of hydrogen-bond acceptors (Lipinski definition) is 5. The summed E-state index contributed by atoms with van der Waals surface area (Å²) in [7, 11) is 5.50. The van der Waals surface area contributed by atoms with Gasteiger partial charge < -0.3 is 19.9 Å². The quantitative estimate of drug-likeness (QED) is 0.530. The molecule has 5 heteroatoms. The molecule has 0 aromatic rings. The number of ether oxygens (including phenoxy) is 2. The van der Waals surface area contributed by atoms with Crippen LogP contribution >= 0.6 is 0 Å². The summed E-state index contributed by atoms with van der Waals surface area (Å²) in [6.07, 6.45) is 12.8. The zero-order chi connectivity index (χ0) is 22.3. The highest BCUT2D eigenvalue weighted by atomic mass is 16.5. The van der Waals surface area contributed by atoms with E-state index in [4.69, 9.17) is 9.47 Å². The molecule has 0 heterocycles. The van der Waals surface area contributed by atoms with Crippen molar-refractivity contribution in [2.24, 2.45) is 0 Å². The van der Waals surface area contributed by atoms with E-state index in [1.165, 1.54) is 51.4 Å². The normalized spacial score (nSPS) is 21.0. The Morgan fingerprint density at radius 1 is 0.931 bits per heavy atom. The first-order chi connectivity index (χ1) is 14.1. The van der Waals surface area contributed by atoms with Crippen LogP contribution in [0.25, 0.3) is 0 Å². The number of hydrogen-bond donors (Lipinski definition) is 2. The van der Waals surface area contributed by atoms with Crippen molar-refractivity contribution in [3.63, 3.8) is 0 Å². The zero-order valence-electron chi connectivity index (χ0n) is 20.8. The van der Waals surface area contributed by atoms with Crippen molar-refractivity contribution >= 4 is 0 Å². The maximum absolute atomic E-state index is 9.88. The third kappa shape index (κ3) is 17.2. The van der Waals surface area contributed by atoms with E-state index in [9.17, 15) is 5.11 Å². The Kier molecular flexibility index (Phi) is 25.7. The highest BCUT2D eigenvalue weighted by Crippen LogP contribution is 2.24. The number of methoxy groups -OCH3 is 2. The molecule has 29 heavy (non-hydrogen) atoms. The van der Waals surface area contributed by atoms with Gasteiger partial charge in [-0.2, -0.15) is 0 Å². The molecule has 0 aromatic carbocycles. The number of aliphatic hydroxyl groups is 1. The van der Waals surface area contributed by atoms with E-state index in [2.05, 4.69) is 24.1 Å². The Morgan fingerprint density at radius 3 is 1.93 bits per heavy atom. The van der Waals surface area contributed by atoms with Gasteiger partial charge in [0.25, 0.3) is 0 Å². The van der Waals surface area contributed by atoms with Crippen LogP contribution in [-0.4, -0.2) is 75.8 Å². The molecule has 0 aromatic heterocycles. The van der Waals surface area contributed by atoms with Crippen molar-refractivity contribution in [1.29, 1.82) is 0 Å². The van der Waals surface area contributed by atoms with Gasteiger partial charge in [0.2, 0.25) is 0 Å². The first-order valence-corrected chi connectivity index (χ1v) is 12.2. The van der Waals surface area contributed by atoms with E-state index in [0.717, 1.165) is 39.1 Å². The largest absolute Gasteiger partial charge is 0.391 e. The summed E-state index contributed by atoms with van der Waals surface area (Å²) in [5.41, 5.74) is 0. The summed E-state index contributed by atoms with van der Waals surface area (Å²) in [6.45, 7) is 12.3. The van der Waals surface area contributed by atoms with Gasteiger partial charge in [-0.25, -0.2) is 0 Å². The molecule has 0 radical (unpaired) electrons. The second-order valence-corrected chi connectivity index (χ2v) is 7.69. The third-order valence-corrected chi connectivity index (χ3v) is 5.43. The predicted molar refractivity (Wildman–Crippen MR) is 127 cm³/mol. The summed E-state index contributed by atoms with van der Waals surface area (Å²) >= 11 is 0. The van der Waals surface area contributed by atoms with Gasteiger partial charge in [-0.05, 0) is 65.1 Å². The molecule has 178 valence electrons. The summed E-state index contributed by atoms with van der Waals surface area (Å²) < 4.78 is 10.2. The summed E-state index contributed by atoms with van der Waals surface area (Å²) in [5.74, 6) is 0. The molecule has 2 saturated carbocycles. The molecule has 2 unspecified atom stereocenters.